The summed E-state index contributed by atoms with van der Waals surface area (Å²) in [6, 6.07) is 19.5. The van der Waals surface area contributed by atoms with Crippen molar-refractivity contribution in [2.75, 3.05) is 0 Å². The van der Waals surface area contributed by atoms with E-state index in [0.29, 0.717) is 5.92 Å². The number of rotatable bonds is 47. The minimum atomic E-state index is 0.0388. The second kappa shape index (κ2) is 43.2. The van der Waals surface area contributed by atoms with E-state index >= 15 is 0 Å². The van der Waals surface area contributed by atoms with Crippen LogP contribution < -0.4 is 0 Å². The van der Waals surface area contributed by atoms with E-state index in [2.05, 4.69) is 107 Å². The maximum atomic E-state index is 2.57. The van der Waals surface area contributed by atoms with Crippen molar-refractivity contribution in [2.24, 2.45) is 5.92 Å². The van der Waals surface area contributed by atoms with Crippen LogP contribution in [0.2, 0.25) is 0 Å². The van der Waals surface area contributed by atoms with Gasteiger partial charge in [0, 0.05) is 5.41 Å². The Labute approximate surface area is 408 Å². The van der Waals surface area contributed by atoms with Crippen molar-refractivity contribution in [1.82, 2.24) is 0 Å². The molecule has 0 nitrogen and oxygen atoms in total. The van der Waals surface area contributed by atoms with E-state index in [1.807, 2.05) is 0 Å². The molecule has 0 N–H and O–H groups in total. The van der Waals surface area contributed by atoms with Crippen LogP contribution in [0.4, 0.5) is 0 Å². The number of hydrogen-bond acceptors (Lipinski definition) is 0. The van der Waals surface area contributed by atoms with Gasteiger partial charge in [0.1, 0.15) is 0 Å². The molecule has 2 aromatic rings. The summed E-state index contributed by atoms with van der Waals surface area (Å²) < 4.78 is 0. The zero-order chi connectivity index (χ0) is 46.6. The van der Waals surface area contributed by atoms with Crippen molar-refractivity contribution < 1.29 is 0 Å². The summed E-state index contributed by atoms with van der Waals surface area (Å²) in [6.45, 7) is 11.9. The first-order valence-corrected chi connectivity index (χ1v) is 29.6. The van der Waals surface area contributed by atoms with Crippen LogP contribution in [0.3, 0.4) is 0 Å². The number of hydrogen-bond donors (Lipinski definition) is 0. The Bertz CT molecular complexity index is 1270. The molecule has 0 saturated carbocycles. The number of unbranched alkanes of at least 4 members (excludes halogenated alkanes) is 35. The van der Waals surface area contributed by atoms with E-state index in [4.69, 9.17) is 0 Å². The molecule has 372 valence electrons. The monoisotopic (exact) mass is 893 g/mol. The first-order chi connectivity index (χ1) is 32.1. The SMILES string of the molecule is CCCCCCCCCCCCCCCCCCC=Cc1cccc(C(CCCC)(CC(C)CCCCC)c2cccc(C=CCCCCCCCCCCCCCCCCCC)c2)c1. The minimum absolute atomic E-state index is 0.0388. The summed E-state index contributed by atoms with van der Waals surface area (Å²) in [5.41, 5.74) is 5.87. The average molecular weight is 894 g/mol. The predicted molar refractivity (Wildman–Crippen MR) is 298 cm³/mol. The van der Waals surface area contributed by atoms with Crippen molar-refractivity contribution in [3.8, 4) is 0 Å². The average Bonchev–Trinajstić information content (AvgIpc) is 3.32. The molecular formula is C65H112. The summed E-state index contributed by atoms with van der Waals surface area (Å²) >= 11 is 0. The topological polar surface area (TPSA) is 0 Å². The lowest BCUT2D eigenvalue weighted by molar-refractivity contribution is 0.330. The highest BCUT2D eigenvalue weighted by atomic mass is 14.4. The third-order valence-electron chi connectivity index (χ3n) is 14.9. The second-order valence-corrected chi connectivity index (χ2v) is 21.2. The molecule has 0 heterocycles. The third kappa shape index (κ3) is 30.8. The standard InChI is InChI=1S/C65H112/c1-6-10-14-16-18-20-22-24-26-28-30-32-34-36-38-40-42-45-50-61-52-47-54-63(57-61)65(56-13-9-4,59-60(5)49-44-12-8-3)64-55-48-53-62(58-64)51-46-43-41-39-37-35-33-31-29-27-25-23-21-19-17-15-11-7-2/h45-48,50-55,57-58,60H,6-44,49,56,59H2,1-5H3. The molecule has 1 atom stereocenters. The summed E-state index contributed by atoms with van der Waals surface area (Å²) in [7, 11) is 0. The highest BCUT2D eigenvalue weighted by Gasteiger charge is 2.35. The van der Waals surface area contributed by atoms with E-state index in [1.54, 1.807) is 0 Å². The smallest absolute Gasteiger partial charge is 0.0205 e. The molecule has 1 unspecified atom stereocenters. The minimum Gasteiger partial charge on any atom is -0.0839 e. The van der Waals surface area contributed by atoms with Gasteiger partial charge in [0.25, 0.3) is 0 Å². The van der Waals surface area contributed by atoms with Gasteiger partial charge in [-0.15, -0.1) is 0 Å². The highest BCUT2D eigenvalue weighted by molar-refractivity contribution is 5.56. The van der Waals surface area contributed by atoms with Gasteiger partial charge in [-0.3, -0.25) is 0 Å². The maximum absolute atomic E-state index is 2.57. The normalized spacial score (nSPS) is 13.4. The van der Waals surface area contributed by atoms with E-state index < -0.39 is 0 Å². The van der Waals surface area contributed by atoms with Gasteiger partial charge in [0.05, 0.1) is 0 Å². The van der Waals surface area contributed by atoms with Gasteiger partial charge in [-0.2, -0.15) is 0 Å². The summed E-state index contributed by atoms with van der Waals surface area (Å²) in [5.74, 6) is 0.696. The largest absolute Gasteiger partial charge is 0.0839 e. The quantitative estimate of drug-likeness (QED) is 0.0581. The van der Waals surface area contributed by atoms with Crippen LogP contribution in [0.15, 0.2) is 60.7 Å². The lowest BCUT2D eigenvalue weighted by Crippen LogP contribution is -2.30. The van der Waals surface area contributed by atoms with Gasteiger partial charge in [0.15, 0.2) is 0 Å². The van der Waals surface area contributed by atoms with Gasteiger partial charge in [0.2, 0.25) is 0 Å². The zero-order valence-corrected chi connectivity index (χ0v) is 44.7. The van der Waals surface area contributed by atoms with Gasteiger partial charge in [-0.25, -0.2) is 0 Å². The van der Waals surface area contributed by atoms with Gasteiger partial charge >= 0.3 is 0 Å². The first-order valence-electron chi connectivity index (χ1n) is 29.6. The summed E-state index contributed by atoms with van der Waals surface area (Å²) in [5, 5.41) is 0. The molecule has 0 aliphatic rings. The molecule has 0 amide bonds. The Balaban J connectivity index is 1.87. The van der Waals surface area contributed by atoms with Crippen molar-refractivity contribution in [1.29, 1.82) is 0 Å². The lowest BCUT2D eigenvalue weighted by atomic mass is 9.65. The van der Waals surface area contributed by atoms with Crippen molar-refractivity contribution >= 4 is 12.2 Å². The fourth-order valence-corrected chi connectivity index (χ4v) is 10.7. The van der Waals surface area contributed by atoms with Crippen LogP contribution in [0.25, 0.3) is 12.2 Å². The second-order valence-electron chi connectivity index (χ2n) is 21.2. The molecule has 2 rings (SSSR count). The van der Waals surface area contributed by atoms with Gasteiger partial charge < -0.3 is 0 Å². The summed E-state index contributed by atoms with van der Waals surface area (Å²) in [4.78, 5) is 0. The Morgan fingerprint density at radius 1 is 0.369 bits per heavy atom. The molecule has 0 aliphatic heterocycles. The Morgan fingerprint density at radius 3 is 1.02 bits per heavy atom. The van der Waals surface area contributed by atoms with Crippen molar-refractivity contribution in [2.45, 2.75) is 310 Å². The van der Waals surface area contributed by atoms with E-state index in [1.165, 1.54) is 292 Å². The third-order valence-corrected chi connectivity index (χ3v) is 14.9. The van der Waals surface area contributed by atoms with Crippen LogP contribution in [-0.4, -0.2) is 0 Å². The fraction of sp³-hybridized carbons (Fsp3) is 0.754. The van der Waals surface area contributed by atoms with Crippen LogP contribution in [0.5, 0.6) is 0 Å². The van der Waals surface area contributed by atoms with Crippen LogP contribution >= 0.6 is 0 Å². The summed E-state index contributed by atoms with van der Waals surface area (Å²) in [6.07, 6.45) is 68.3. The zero-order valence-electron chi connectivity index (χ0n) is 44.7. The van der Waals surface area contributed by atoms with Crippen molar-refractivity contribution in [3.63, 3.8) is 0 Å². The van der Waals surface area contributed by atoms with E-state index in [9.17, 15) is 0 Å². The number of allylic oxidation sites excluding steroid dienone is 2. The van der Waals surface area contributed by atoms with E-state index in [-0.39, 0.29) is 5.41 Å². The Kier molecular flexibility index (Phi) is 39.3. The molecule has 0 radical (unpaired) electrons. The molecule has 0 aliphatic carbocycles. The lowest BCUT2D eigenvalue weighted by Gasteiger charge is -2.38. The highest BCUT2D eigenvalue weighted by Crippen LogP contribution is 2.44. The Morgan fingerprint density at radius 2 is 0.677 bits per heavy atom. The molecule has 0 saturated heterocycles. The van der Waals surface area contributed by atoms with E-state index in [0.717, 1.165) is 0 Å². The fourth-order valence-electron chi connectivity index (χ4n) is 10.7. The Hall–Kier alpha value is -2.08. The van der Waals surface area contributed by atoms with Crippen LogP contribution in [0.1, 0.15) is 327 Å². The molecule has 0 fully saturated rings. The molecule has 0 bridgehead atoms. The molecule has 2 aromatic carbocycles. The van der Waals surface area contributed by atoms with Gasteiger partial charge in [-0.05, 0) is 66.7 Å². The maximum Gasteiger partial charge on any atom is 0.0205 e. The molecular weight excluding hydrogens is 781 g/mol. The van der Waals surface area contributed by atoms with Gasteiger partial charge in [-0.1, -0.05) is 339 Å². The first kappa shape index (κ1) is 59.0. The molecule has 0 heteroatoms. The predicted octanol–water partition coefficient (Wildman–Crippen LogP) is 23.1. The molecule has 65 heavy (non-hydrogen) atoms. The number of benzene rings is 2. The van der Waals surface area contributed by atoms with Crippen molar-refractivity contribution in [3.05, 3.63) is 82.9 Å². The molecule has 0 spiro atoms. The van der Waals surface area contributed by atoms with Crippen LogP contribution in [0, 0.1) is 5.92 Å². The van der Waals surface area contributed by atoms with Crippen LogP contribution in [-0.2, 0) is 5.41 Å². The molecule has 0 aromatic heterocycles.